The van der Waals surface area contributed by atoms with E-state index in [1.165, 1.54) is 37.0 Å². The number of fused-ring (bicyclic) bond motifs is 1. The number of carbonyl (C=O) groups excluding carboxylic acids is 2. The molecule has 0 bridgehead atoms. The molecule has 0 unspecified atom stereocenters. The van der Waals surface area contributed by atoms with Crippen LogP contribution in [0.25, 0.3) is 0 Å². The third-order valence-electron chi connectivity index (χ3n) is 4.53. The number of thiophene rings is 1. The van der Waals surface area contributed by atoms with Crippen molar-refractivity contribution in [3.05, 3.63) is 28.2 Å². The van der Waals surface area contributed by atoms with Gasteiger partial charge in [0, 0.05) is 17.0 Å². The predicted molar refractivity (Wildman–Crippen MR) is 103 cm³/mol. The average Bonchev–Trinajstić information content (AvgIpc) is 2.90. The molecule has 0 fully saturated rings. The SMILES string of the molecule is NC(=O)c1c(NC(=O)/C=C/C(=O)O)sc2c1CCCCCCCCCC2. The van der Waals surface area contributed by atoms with Crippen LogP contribution in [0.1, 0.15) is 72.2 Å². The molecule has 0 atom stereocenters. The maximum absolute atomic E-state index is 12.0. The number of carbonyl (C=O) groups is 3. The Balaban J connectivity index is 2.27. The van der Waals surface area contributed by atoms with Crippen LogP contribution in [0.3, 0.4) is 0 Å². The molecule has 0 saturated heterocycles. The second kappa shape index (κ2) is 10.1. The summed E-state index contributed by atoms with van der Waals surface area (Å²) < 4.78 is 0. The van der Waals surface area contributed by atoms with E-state index >= 15 is 0 Å². The number of nitrogens with two attached hydrogens (primary N) is 1. The van der Waals surface area contributed by atoms with Crippen molar-refractivity contribution >= 4 is 34.1 Å². The normalized spacial score (nSPS) is 16.3. The molecular weight excluding hydrogens is 352 g/mol. The van der Waals surface area contributed by atoms with Crippen molar-refractivity contribution in [3.63, 3.8) is 0 Å². The van der Waals surface area contributed by atoms with E-state index in [-0.39, 0.29) is 0 Å². The van der Waals surface area contributed by atoms with E-state index in [4.69, 9.17) is 10.8 Å². The number of carboxylic acids is 1. The molecule has 142 valence electrons. The Morgan fingerprint density at radius 1 is 0.923 bits per heavy atom. The third kappa shape index (κ3) is 5.98. The molecule has 1 heterocycles. The summed E-state index contributed by atoms with van der Waals surface area (Å²) in [5.41, 5.74) is 6.95. The van der Waals surface area contributed by atoms with Gasteiger partial charge in [-0.2, -0.15) is 0 Å². The summed E-state index contributed by atoms with van der Waals surface area (Å²) in [6.45, 7) is 0. The number of hydrogen-bond acceptors (Lipinski definition) is 4. The van der Waals surface area contributed by atoms with Crippen molar-refractivity contribution in [1.82, 2.24) is 0 Å². The van der Waals surface area contributed by atoms with Crippen molar-refractivity contribution < 1.29 is 19.5 Å². The van der Waals surface area contributed by atoms with Crippen molar-refractivity contribution in [1.29, 1.82) is 0 Å². The number of primary amides is 1. The fourth-order valence-corrected chi connectivity index (χ4v) is 4.57. The predicted octanol–water partition coefficient (Wildman–Crippen LogP) is 3.65. The van der Waals surface area contributed by atoms with Gasteiger partial charge in [-0.1, -0.05) is 38.5 Å². The van der Waals surface area contributed by atoms with E-state index in [0.717, 1.165) is 61.1 Å². The van der Waals surface area contributed by atoms with Crippen molar-refractivity contribution in [2.75, 3.05) is 5.32 Å². The number of carboxylic acid groups (broad SMARTS) is 1. The quantitative estimate of drug-likeness (QED) is 0.695. The molecule has 0 aromatic carbocycles. The first-order chi connectivity index (χ1) is 12.5. The van der Waals surface area contributed by atoms with Crippen LogP contribution in [0.2, 0.25) is 0 Å². The minimum atomic E-state index is -1.20. The summed E-state index contributed by atoms with van der Waals surface area (Å²) in [5, 5.41) is 11.7. The van der Waals surface area contributed by atoms with Crippen LogP contribution in [-0.2, 0) is 22.4 Å². The fourth-order valence-electron chi connectivity index (χ4n) is 3.28. The largest absolute Gasteiger partial charge is 0.478 e. The lowest BCUT2D eigenvalue weighted by atomic mass is 9.97. The fraction of sp³-hybridized carbons (Fsp3) is 0.526. The standard InChI is InChI=1S/C19H26N2O4S/c20-18(25)17-13-9-7-5-3-1-2-4-6-8-10-14(13)26-19(17)21-15(22)11-12-16(23)24/h11-12H,1-10H2,(H2,20,25)(H,21,22)(H,23,24)/b12-11+. The highest BCUT2D eigenvalue weighted by Crippen LogP contribution is 2.36. The molecule has 1 aliphatic rings. The number of hydrogen-bond donors (Lipinski definition) is 3. The first-order valence-corrected chi connectivity index (χ1v) is 9.97. The molecule has 7 heteroatoms. The second-order valence-electron chi connectivity index (χ2n) is 6.56. The smallest absolute Gasteiger partial charge is 0.328 e. The summed E-state index contributed by atoms with van der Waals surface area (Å²) in [6, 6.07) is 0. The molecule has 1 aromatic heterocycles. The maximum Gasteiger partial charge on any atom is 0.328 e. The van der Waals surface area contributed by atoms with Crippen molar-refractivity contribution in [2.45, 2.75) is 64.2 Å². The van der Waals surface area contributed by atoms with Gasteiger partial charge in [-0.25, -0.2) is 4.79 Å². The lowest BCUT2D eigenvalue weighted by Crippen LogP contribution is -2.17. The minimum Gasteiger partial charge on any atom is -0.478 e. The minimum absolute atomic E-state index is 0.388. The van der Waals surface area contributed by atoms with E-state index in [1.807, 2.05) is 0 Å². The molecular formula is C19H26N2O4S. The number of anilines is 1. The van der Waals surface area contributed by atoms with E-state index in [1.54, 1.807) is 0 Å². The van der Waals surface area contributed by atoms with Gasteiger partial charge < -0.3 is 16.2 Å². The number of amides is 2. The highest BCUT2D eigenvalue weighted by Gasteiger charge is 2.22. The summed E-state index contributed by atoms with van der Waals surface area (Å²) in [7, 11) is 0. The van der Waals surface area contributed by atoms with Gasteiger partial charge in [-0.3, -0.25) is 9.59 Å². The van der Waals surface area contributed by atoms with Gasteiger partial charge in [0.15, 0.2) is 0 Å². The molecule has 0 saturated carbocycles. The Kier molecular flexibility index (Phi) is 7.84. The molecule has 0 spiro atoms. The lowest BCUT2D eigenvalue weighted by Gasteiger charge is -2.09. The highest BCUT2D eigenvalue weighted by molar-refractivity contribution is 7.17. The zero-order valence-electron chi connectivity index (χ0n) is 14.9. The molecule has 0 radical (unpaired) electrons. The highest BCUT2D eigenvalue weighted by atomic mass is 32.1. The number of aryl methyl sites for hydroxylation is 1. The number of aliphatic carboxylic acids is 1. The summed E-state index contributed by atoms with van der Waals surface area (Å²) >= 11 is 1.39. The molecule has 26 heavy (non-hydrogen) atoms. The molecule has 1 aliphatic carbocycles. The van der Waals surface area contributed by atoms with Crippen LogP contribution in [0.15, 0.2) is 12.2 Å². The summed E-state index contributed by atoms with van der Waals surface area (Å²) in [4.78, 5) is 35.6. The lowest BCUT2D eigenvalue weighted by molar-refractivity contribution is -0.131. The Bertz CT molecular complexity index is 694. The topological polar surface area (TPSA) is 109 Å². The van der Waals surface area contributed by atoms with Gasteiger partial charge in [-0.15, -0.1) is 11.3 Å². The average molecular weight is 378 g/mol. The van der Waals surface area contributed by atoms with Crippen LogP contribution in [0.5, 0.6) is 0 Å². The Morgan fingerprint density at radius 3 is 2.08 bits per heavy atom. The first kappa shape index (κ1) is 20.2. The van der Waals surface area contributed by atoms with Crippen LogP contribution in [0.4, 0.5) is 5.00 Å². The van der Waals surface area contributed by atoms with Gasteiger partial charge in [0.1, 0.15) is 5.00 Å². The Labute approximate surface area is 157 Å². The zero-order valence-corrected chi connectivity index (χ0v) is 15.7. The van der Waals surface area contributed by atoms with Gasteiger partial charge in [0.05, 0.1) is 5.56 Å². The molecule has 2 amide bonds. The number of nitrogens with one attached hydrogen (secondary N) is 1. The molecule has 2 rings (SSSR count). The Morgan fingerprint density at radius 2 is 1.50 bits per heavy atom. The van der Waals surface area contributed by atoms with Gasteiger partial charge in [0.2, 0.25) is 5.91 Å². The number of rotatable bonds is 4. The first-order valence-electron chi connectivity index (χ1n) is 9.15. The van der Waals surface area contributed by atoms with E-state index in [2.05, 4.69) is 5.32 Å². The van der Waals surface area contributed by atoms with Crippen LogP contribution in [0, 0.1) is 0 Å². The van der Waals surface area contributed by atoms with Crippen LogP contribution >= 0.6 is 11.3 Å². The third-order valence-corrected chi connectivity index (χ3v) is 5.74. The molecule has 0 aliphatic heterocycles. The summed E-state index contributed by atoms with van der Waals surface area (Å²) in [5.74, 6) is -2.33. The van der Waals surface area contributed by atoms with Crippen LogP contribution in [-0.4, -0.2) is 22.9 Å². The van der Waals surface area contributed by atoms with Gasteiger partial charge in [-0.05, 0) is 31.2 Å². The zero-order chi connectivity index (χ0) is 18.9. The Hall–Kier alpha value is -2.15. The van der Waals surface area contributed by atoms with Gasteiger partial charge >= 0.3 is 5.97 Å². The molecule has 4 N–H and O–H groups in total. The van der Waals surface area contributed by atoms with Crippen LogP contribution < -0.4 is 11.1 Å². The molecule has 1 aromatic rings. The molecule has 6 nitrogen and oxygen atoms in total. The second-order valence-corrected chi connectivity index (χ2v) is 7.67. The summed E-state index contributed by atoms with van der Waals surface area (Å²) in [6.07, 6.45) is 12.7. The maximum atomic E-state index is 12.0. The van der Waals surface area contributed by atoms with E-state index < -0.39 is 17.8 Å². The van der Waals surface area contributed by atoms with E-state index in [0.29, 0.717) is 10.6 Å². The van der Waals surface area contributed by atoms with Crippen molar-refractivity contribution in [3.8, 4) is 0 Å². The van der Waals surface area contributed by atoms with Crippen molar-refractivity contribution in [2.24, 2.45) is 5.73 Å². The van der Waals surface area contributed by atoms with E-state index in [9.17, 15) is 14.4 Å². The monoisotopic (exact) mass is 378 g/mol. The van der Waals surface area contributed by atoms with Gasteiger partial charge in [0.25, 0.3) is 5.91 Å².